The predicted molar refractivity (Wildman–Crippen MR) is 125 cm³/mol. The van der Waals surface area contributed by atoms with Crippen molar-refractivity contribution in [1.82, 2.24) is 0 Å². The summed E-state index contributed by atoms with van der Waals surface area (Å²) in [6, 6.07) is 7.99. The Morgan fingerprint density at radius 1 is 1.19 bits per heavy atom. The molecule has 2 aliphatic rings. The highest BCUT2D eigenvalue weighted by Gasteiger charge is 2.47. The highest BCUT2D eigenvalue weighted by atomic mass is 16.4. The van der Waals surface area contributed by atoms with Crippen LogP contribution in [0.15, 0.2) is 24.3 Å². The molecule has 176 valence electrons. The Morgan fingerprint density at radius 2 is 1.88 bits per heavy atom. The van der Waals surface area contributed by atoms with Crippen molar-refractivity contribution in [1.29, 1.82) is 0 Å². The summed E-state index contributed by atoms with van der Waals surface area (Å²) in [6.07, 6.45) is 9.67. The van der Waals surface area contributed by atoms with Crippen LogP contribution >= 0.6 is 0 Å². The molecule has 0 radical (unpaired) electrons. The maximum absolute atomic E-state index is 11.1. The first kappa shape index (κ1) is 24.7. The minimum Gasteiger partial charge on any atom is -0.481 e. The number of hydrogen-bond donors (Lipinski definition) is 3. The molecule has 3 rings (SSSR count). The number of hydrogen-bond acceptors (Lipinski definition) is 3. The first-order chi connectivity index (χ1) is 15.4. The topological polar surface area (TPSA) is 82.1 Å². The fourth-order valence-electron chi connectivity index (χ4n) is 6.14. The zero-order valence-corrected chi connectivity index (χ0v) is 19.4. The van der Waals surface area contributed by atoms with E-state index in [0.29, 0.717) is 12.8 Å². The van der Waals surface area contributed by atoms with Crippen LogP contribution in [0, 0.1) is 17.9 Å². The Balaban J connectivity index is 1.64. The van der Waals surface area contributed by atoms with Crippen LogP contribution in [-0.4, -0.2) is 33.4 Å². The first-order valence-electron chi connectivity index (χ1n) is 12.5. The van der Waals surface area contributed by atoms with E-state index in [4.69, 9.17) is 11.7 Å². The highest BCUT2D eigenvalue weighted by Crippen LogP contribution is 2.53. The lowest BCUT2D eigenvalue weighted by Crippen LogP contribution is -2.36. The molecular weight excluding hydrogens is 402 g/mol. The van der Waals surface area contributed by atoms with Crippen molar-refractivity contribution in [3.05, 3.63) is 46.8 Å². The fraction of sp³-hybridized carbons (Fsp3) is 0.704. The number of carbonyl (C=O) groups is 1. The van der Waals surface area contributed by atoms with Crippen molar-refractivity contribution >= 4 is 5.97 Å². The van der Waals surface area contributed by atoms with Gasteiger partial charge in [0.25, 0.3) is 0 Å². The Kier molecular flexibility index (Phi) is 8.73. The van der Waals surface area contributed by atoms with Crippen LogP contribution in [0.4, 0.5) is 0 Å². The van der Waals surface area contributed by atoms with Crippen LogP contribution in [0.25, 0.3) is 4.85 Å². The van der Waals surface area contributed by atoms with Crippen LogP contribution < -0.4 is 0 Å². The smallest absolute Gasteiger partial charge is 0.303 e. The quantitative estimate of drug-likeness (QED) is 0.280. The molecule has 3 N–H and O–H groups in total. The van der Waals surface area contributed by atoms with Gasteiger partial charge in [-0.1, -0.05) is 63.3 Å². The van der Waals surface area contributed by atoms with Gasteiger partial charge in [0.05, 0.1) is 12.2 Å². The van der Waals surface area contributed by atoms with Crippen molar-refractivity contribution in [3.8, 4) is 0 Å². The zero-order valence-electron chi connectivity index (χ0n) is 19.4. The van der Waals surface area contributed by atoms with Gasteiger partial charge in [0.1, 0.15) is 0 Å². The standard InChI is InChI=1S/C27H39NO4/c1-3-15-27(16-8-17-27)26(32)20-13-11-19(12-14-20)25-21(22(28-2)18-23(25)29)9-6-4-5-7-10-24(30)31/h11-14,21-23,25-26,29,32H,3-10,15-18H2,1H3,(H,30,31)/t21?,22-,23-,25?,26?/m1/s1. The molecule has 2 saturated carbocycles. The Bertz CT molecular complexity index is 780. The van der Waals surface area contributed by atoms with Gasteiger partial charge in [0.2, 0.25) is 6.04 Å². The molecule has 0 heterocycles. The van der Waals surface area contributed by atoms with E-state index in [1.807, 2.05) is 12.1 Å². The molecule has 5 atom stereocenters. The number of nitrogens with zero attached hydrogens (tertiary/aromatic N) is 1. The lowest BCUT2D eigenvalue weighted by Gasteiger charge is -2.46. The molecule has 0 spiro atoms. The number of unbranched alkanes of at least 4 members (excludes halogenated alkanes) is 3. The summed E-state index contributed by atoms with van der Waals surface area (Å²) >= 11 is 0. The third kappa shape index (κ3) is 5.53. The molecule has 0 aromatic heterocycles. The van der Waals surface area contributed by atoms with Crippen molar-refractivity contribution in [2.24, 2.45) is 11.3 Å². The molecule has 5 nitrogen and oxygen atoms in total. The van der Waals surface area contributed by atoms with E-state index in [9.17, 15) is 15.0 Å². The normalized spacial score (nSPS) is 27.4. The molecule has 2 aliphatic carbocycles. The summed E-state index contributed by atoms with van der Waals surface area (Å²) in [4.78, 5) is 14.5. The first-order valence-corrected chi connectivity index (χ1v) is 12.5. The van der Waals surface area contributed by atoms with Gasteiger partial charge in [0, 0.05) is 30.1 Å². The van der Waals surface area contributed by atoms with Gasteiger partial charge in [-0.05, 0) is 43.2 Å². The summed E-state index contributed by atoms with van der Waals surface area (Å²) in [5.41, 5.74) is 2.06. The second-order valence-electron chi connectivity index (χ2n) is 10.1. The average molecular weight is 442 g/mol. The van der Waals surface area contributed by atoms with E-state index in [0.717, 1.165) is 62.5 Å². The molecular formula is C27H39NO4. The Hall–Kier alpha value is -1.90. The van der Waals surface area contributed by atoms with Crippen LogP contribution in [0.5, 0.6) is 0 Å². The van der Waals surface area contributed by atoms with E-state index < -0.39 is 18.2 Å². The number of carboxylic acid groups (broad SMARTS) is 1. The van der Waals surface area contributed by atoms with Gasteiger partial charge in [-0.3, -0.25) is 4.79 Å². The van der Waals surface area contributed by atoms with E-state index in [-0.39, 0.29) is 29.7 Å². The fourth-order valence-corrected chi connectivity index (χ4v) is 6.14. The molecule has 1 aromatic rings. The zero-order chi connectivity index (χ0) is 23.1. The molecule has 0 saturated heterocycles. The largest absolute Gasteiger partial charge is 0.481 e. The molecule has 32 heavy (non-hydrogen) atoms. The third-order valence-corrected chi connectivity index (χ3v) is 8.01. The monoisotopic (exact) mass is 441 g/mol. The van der Waals surface area contributed by atoms with Crippen molar-refractivity contribution in [3.63, 3.8) is 0 Å². The van der Waals surface area contributed by atoms with Gasteiger partial charge in [-0.25, -0.2) is 6.57 Å². The second-order valence-corrected chi connectivity index (χ2v) is 10.1. The van der Waals surface area contributed by atoms with Gasteiger partial charge in [-0.2, -0.15) is 0 Å². The van der Waals surface area contributed by atoms with Crippen LogP contribution in [0.3, 0.4) is 0 Å². The SMILES string of the molecule is [C-]#[N+][C@@H]1C[C@@H](O)C(c2ccc(C(O)C3(CCC)CCC3)cc2)C1CCCCCCC(=O)O. The van der Waals surface area contributed by atoms with Gasteiger partial charge < -0.3 is 20.2 Å². The number of carboxylic acids is 1. The molecule has 0 amide bonds. The summed E-state index contributed by atoms with van der Waals surface area (Å²) in [5, 5.41) is 30.6. The highest BCUT2D eigenvalue weighted by molar-refractivity contribution is 5.66. The van der Waals surface area contributed by atoms with E-state index in [1.165, 1.54) is 6.42 Å². The molecule has 3 unspecified atom stereocenters. The van der Waals surface area contributed by atoms with Crippen LogP contribution in [-0.2, 0) is 4.79 Å². The number of aliphatic carboxylic acids is 1. The molecule has 0 bridgehead atoms. The average Bonchev–Trinajstić information content (AvgIpc) is 3.07. The Morgan fingerprint density at radius 3 is 2.44 bits per heavy atom. The molecule has 0 aliphatic heterocycles. The summed E-state index contributed by atoms with van der Waals surface area (Å²) in [5.74, 6) is -0.674. The molecule has 2 fully saturated rings. The number of rotatable bonds is 12. The van der Waals surface area contributed by atoms with Gasteiger partial charge in [-0.15, -0.1) is 0 Å². The van der Waals surface area contributed by atoms with Crippen molar-refractivity contribution < 1.29 is 20.1 Å². The van der Waals surface area contributed by atoms with Gasteiger partial charge >= 0.3 is 5.97 Å². The minimum atomic E-state index is -0.747. The number of aliphatic hydroxyl groups excluding tert-OH is 2. The van der Waals surface area contributed by atoms with Crippen molar-refractivity contribution in [2.45, 2.75) is 108 Å². The van der Waals surface area contributed by atoms with E-state index in [1.54, 1.807) is 0 Å². The third-order valence-electron chi connectivity index (χ3n) is 8.01. The lowest BCUT2D eigenvalue weighted by molar-refractivity contribution is -0.137. The number of benzene rings is 1. The maximum Gasteiger partial charge on any atom is 0.303 e. The molecule has 5 heteroatoms. The van der Waals surface area contributed by atoms with E-state index >= 15 is 0 Å². The van der Waals surface area contributed by atoms with Crippen LogP contribution in [0.1, 0.15) is 107 Å². The number of aliphatic hydroxyl groups is 2. The van der Waals surface area contributed by atoms with E-state index in [2.05, 4.69) is 23.9 Å². The van der Waals surface area contributed by atoms with Crippen LogP contribution in [0.2, 0.25) is 0 Å². The summed E-state index contributed by atoms with van der Waals surface area (Å²) < 4.78 is 0. The summed E-state index contributed by atoms with van der Waals surface area (Å²) in [7, 11) is 0. The minimum absolute atomic E-state index is 0.0293. The second kappa shape index (κ2) is 11.3. The predicted octanol–water partition coefficient (Wildman–Crippen LogP) is 5.87. The van der Waals surface area contributed by atoms with Gasteiger partial charge in [0.15, 0.2) is 0 Å². The maximum atomic E-state index is 11.1. The molecule has 1 aromatic carbocycles. The lowest BCUT2D eigenvalue weighted by atomic mass is 9.61. The summed E-state index contributed by atoms with van der Waals surface area (Å²) in [6.45, 7) is 9.79. The Labute approximate surface area is 192 Å². The van der Waals surface area contributed by atoms with Crippen molar-refractivity contribution in [2.75, 3.05) is 0 Å².